The second-order valence-electron chi connectivity index (χ2n) is 4.09. The molecule has 15 heavy (non-hydrogen) atoms. The van der Waals surface area contributed by atoms with Crippen LogP contribution in [0.4, 0.5) is 0 Å². The molecule has 2 aliphatic rings. The Hall–Kier alpha value is -1.64. The van der Waals surface area contributed by atoms with Crippen LogP contribution in [-0.4, -0.2) is 24.3 Å². The Morgan fingerprint density at radius 3 is 2.80 bits per heavy atom. The third-order valence-electron chi connectivity index (χ3n) is 3.09. The fourth-order valence-corrected chi connectivity index (χ4v) is 2.00. The van der Waals surface area contributed by atoms with Gasteiger partial charge in [0.15, 0.2) is 5.54 Å². The molecule has 3 nitrogen and oxygen atoms in total. The number of rotatable bonds is 2. The molecule has 1 aromatic rings. The van der Waals surface area contributed by atoms with E-state index in [9.17, 15) is 4.79 Å². The highest BCUT2D eigenvalue weighted by molar-refractivity contribution is 5.91. The molecular weight excluding hydrogens is 190 g/mol. The van der Waals surface area contributed by atoms with E-state index >= 15 is 0 Å². The quantitative estimate of drug-likeness (QED) is 0.536. The lowest BCUT2D eigenvalue weighted by atomic mass is 10.2. The molecule has 2 fully saturated rings. The molecule has 1 aliphatic carbocycles. The first-order valence-corrected chi connectivity index (χ1v) is 5.09. The van der Waals surface area contributed by atoms with Crippen molar-refractivity contribution in [1.82, 2.24) is 0 Å². The first-order chi connectivity index (χ1) is 7.31. The standard InChI is InChI=1S/C12H11NO2/c14-11-12(6-10(12)8-15-11)13-7-9-4-2-1-3-5-9/h1-5,7,10H,6,8H2. The number of carbonyl (C=O) groups is 1. The molecule has 3 heteroatoms. The predicted octanol–water partition coefficient (Wildman–Crippen LogP) is 1.42. The summed E-state index contributed by atoms with van der Waals surface area (Å²) in [5, 5.41) is 0. The van der Waals surface area contributed by atoms with Crippen LogP contribution in [0.1, 0.15) is 12.0 Å². The van der Waals surface area contributed by atoms with Crippen molar-refractivity contribution in [3.05, 3.63) is 35.9 Å². The maximum Gasteiger partial charge on any atom is 0.334 e. The number of nitrogens with zero attached hydrogens (tertiary/aromatic N) is 1. The molecule has 1 aromatic carbocycles. The molecule has 0 spiro atoms. The molecule has 1 saturated heterocycles. The zero-order chi connectivity index (χ0) is 10.3. The number of esters is 1. The normalized spacial score (nSPS) is 32.8. The highest BCUT2D eigenvalue weighted by atomic mass is 16.5. The number of hydrogen-bond donors (Lipinski definition) is 0. The Balaban J connectivity index is 1.82. The fraction of sp³-hybridized carbons (Fsp3) is 0.333. The van der Waals surface area contributed by atoms with Crippen molar-refractivity contribution in [1.29, 1.82) is 0 Å². The van der Waals surface area contributed by atoms with Gasteiger partial charge in [-0.2, -0.15) is 0 Å². The van der Waals surface area contributed by atoms with Gasteiger partial charge in [-0.3, -0.25) is 4.99 Å². The van der Waals surface area contributed by atoms with Crippen molar-refractivity contribution in [3.8, 4) is 0 Å². The van der Waals surface area contributed by atoms with Crippen LogP contribution in [0.3, 0.4) is 0 Å². The summed E-state index contributed by atoms with van der Waals surface area (Å²) in [6, 6.07) is 9.81. The summed E-state index contributed by atoms with van der Waals surface area (Å²) in [4.78, 5) is 15.8. The van der Waals surface area contributed by atoms with E-state index in [-0.39, 0.29) is 5.97 Å². The van der Waals surface area contributed by atoms with Crippen LogP contribution < -0.4 is 0 Å². The smallest absolute Gasteiger partial charge is 0.334 e. The Morgan fingerprint density at radius 1 is 1.40 bits per heavy atom. The molecule has 0 bridgehead atoms. The monoisotopic (exact) mass is 201 g/mol. The molecule has 1 heterocycles. The third kappa shape index (κ3) is 1.27. The highest BCUT2D eigenvalue weighted by Crippen LogP contribution is 2.52. The minimum absolute atomic E-state index is 0.153. The van der Waals surface area contributed by atoms with Crippen molar-refractivity contribution < 1.29 is 9.53 Å². The van der Waals surface area contributed by atoms with Gasteiger partial charge < -0.3 is 4.74 Å². The number of ether oxygens (including phenoxy) is 1. The summed E-state index contributed by atoms with van der Waals surface area (Å²) < 4.78 is 4.95. The van der Waals surface area contributed by atoms with Gasteiger partial charge in [-0.25, -0.2) is 4.79 Å². The van der Waals surface area contributed by atoms with E-state index in [1.54, 1.807) is 6.21 Å². The Labute approximate surface area is 87.8 Å². The molecule has 3 rings (SSSR count). The zero-order valence-electron chi connectivity index (χ0n) is 8.22. The lowest BCUT2D eigenvalue weighted by Crippen LogP contribution is -2.18. The molecule has 2 atom stereocenters. The van der Waals surface area contributed by atoms with E-state index in [0.29, 0.717) is 12.5 Å². The average molecular weight is 201 g/mol. The molecule has 0 N–H and O–H groups in total. The number of hydrogen-bond acceptors (Lipinski definition) is 3. The topological polar surface area (TPSA) is 38.7 Å². The van der Waals surface area contributed by atoms with Crippen LogP contribution >= 0.6 is 0 Å². The molecule has 76 valence electrons. The number of cyclic esters (lactones) is 1. The molecule has 0 radical (unpaired) electrons. The first-order valence-electron chi connectivity index (χ1n) is 5.09. The Kier molecular flexibility index (Phi) is 1.69. The van der Waals surface area contributed by atoms with E-state index in [1.807, 2.05) is 30.3 Å². The van der Waals surface area contributed by atoms with Crippen molar-refractivity contribution in [3.63, 3.8) is 0 Å². The van der Waals surface area contributed by atoms with E-state index in [1.165, 1.54) is 0 Å². The lowest BCUT2D eigenvalue weighted by Gasteiger charge is -2.01. The molecule has 0 aromatic heterocycles. The molecule has 2 unspecified atom stereocenters. The largest absolute Gasteiger partial charge is 0.463 e. The summed E-state index contributed by atoms with van der Waals surface area (Å²) in [5.74, 6) is 0.171. The number of benzene rings is 1. The van der Waals surface area contributed by atoms with Gasteiger partial charge in [0.25, 0.3) is 0 Å². The third-order valence-corrected chi connectivity index (χ3v) is 3.09. The SMILES string of the molecule is O=C1OCC2CC12N=Cc1ccccc1. The summed E-state index contributed by atoms with van der Waals surface area (Å²) in [7, 11) is 0. The van der Waals surface area contributed by atoms with Crippen molar-refractivity contribution >= 4 is 12.2 Å². The van der Waals surface area contributed by atoms with Gasteiger partial charge in [0.1, 0.15) is 0 Å². The summed E-state index contributed by atoms with van der Waals surface area (Å²) >= 11 is 0. The fourth-order valence-electron chi connectivity index (χ4n) is 2.00. The first kappa shape index (κ1) is 8.65. The van der Waals surface area contributed by atoms with E-state index in [4.69, 9.17) is 4.74 Å². The Bertz CT molecular complexity index is 427. The van der Waals surface area contributed by atoms with Gasteiger partial charge in [-0.05, 0) is 12.0 Å². The van der Waals surface area contributed by atoms with Crippen LogP contribution in [0, 0.1) is 5.92 Å². The van der Waals surface area contributed by atoms with Crippen molar-refractivity contribution in [2.45, 2.75) is 12.0 Å². The number of aliphatic imine (C=N–C) groups is 1. The minimum atomic E-state index is -0.518. The molecule has 1 aliphatic heterocycles. The van der Waals surface area contributed by atoms with Crippen LogP contribution in [0.5, 0.6) is 0 Å². The van der Waals surface area contributed by atoms with E-state index in [0.717, 1.165) is 12.0 Å². The second-order valence-corrected chi connectivity index (χ2v) is 4.09. The predicted molar refractivity (Wildman–Crippen MR) is 55.8 cm³/mol. The van der Waals surface area contributed by atoms with Crippen LogP contribution in [-0.2, 0) is 9.53 Å². The number of fused-ring (bicyclic) bond motifs is 1. The zero-order valence-corrected chi connectivity index (χ0v) is 8.22. The van der Waals surface area contributed by atoms with Crippen molar-refractivity contribution in [2.24, 2.45) is 10.9 Å². The van der Waals surface area contributed by atoms with E-state index in [2.05, 4.69) is 4.99 Å². The summed E-state index contributed by atoms with van der Waals surface area (Å²) in [6.45, 7) is 0.547. The van der Waals surface area contributed by atoms with E-state index < -0.39 is 5.54 Å². The number of carbonyl (C=O) groups excluding carboxylic acids is 1. The average Bonchev–Trinajstić information content (AvgIpc) is 2.92. The van der Waals surface area contributed by atoms with Gasteiger partial charge in [0.05, 0.1) is 6.61 Å². The molecule has 1 saturated carbocycles. The maximum absolute atomic E-state index is 11.4. The van der Waals surface area contributed by atoms with Gasteiger partial charge in [-0.15, -0.1) is 0 Å². The Morgan fingerprint density at radius 2 is 2.20 bits per heavy atom. The minimum Gasteiger partial charge on any atom is -0.463 e. The van der Waals surface area contributed by atoms with Crippen LogP contribution in [0.15, 0.2) is 35.3 Å². The highest BCUT2D eigenvalue weighted by Gasteiger charge is 2.66. The van der Waals surface area contributed by atoms with Gasteiger partial charge >= 0.3 is 5.97 Å². The van der Waals surface area contributed by atoms with Crippen LogP contribution in [0.2, 0.25) is 0 Å². The van der Waals surface area contributed by atoms with Crippen molar-refractivity contribution in [2.75, 3.05) is 6.61 Å². The maximum atomic E-state index is 11.4. The van der Waals surface area contributed by atoms with Gasteiger partial charge in [0, 0.05) is 12.1 Å². The lowest BCUT2D eigenvalue weighted by molar-refractivity contribution is -0.141. The van der Waals surface area contributed by atoms with Crippen LogP contribution in [0.25, 0.3) is 0 Å². The summed E-state index contributed by atoms with van der Waals surface area (Å²) in [6.07, 6.45) is 2.63. The van der Waals surface area contributed by atoms with Gasteiger partial charge in [0.2, 0.25) is 0 Å². The molecular formula is C12H11NO2. The second kappa shape index (κ2) is 2.92. The summed E-state index contributed by atoms with van der Waals surface area (Å²) in [5.41, 5.74) is 0.507. The van der Waals surface area contributed by atoms with Gasteiger partial charge in [-0.1, -0.05) is 30.3 Å². The molecule has 0 amide bonds.